The van der Waals surface area contributed by atoms with Gasteiger partial charge in [0.15, 0.2) is 16.3 Å². The van der Waals surface area contributed by atoms with E-state index in [4.69, 9.17) is 9.40 Å². The molecule has 0 spiro atoms. The van der Waals surface area contributed by atoms with Crippen molar-refractivity contribution in [1.82, 2.24) is 15.3 Å². The zero-order chi connectivity index (χ0) is 14.8. The van der Waals surface area contributed by atoms with Crippen molar-refractivity contribution in [2.24, 2.45) is 0 Å². The zero-order valence-electron chi connectivity index (χ0n) is 11.8. The smallest absolute Gasteiger partial charge is 0.195 e. The average molecular weight is 415 g/mol. The van der Waals surface area contributed by atoms with Crippen molar-refractivity contribution in [3.8, 4) is 11.6 Å². The third-order valence-corrected chi connectivity index (χ3v) is 5.40. The highest BCUT2D eigenvalue weighted by atomic mass is 79.9. The van der Waals surface area contributed by atoms with Crippen molar-refractivity contribution in [3.63, 3.8) is 0 Å². The van der Waals surface area contributed by atoms with E-state index in [1.807, 2.05) is 12.3 Å². The average Bonchev–Trinajstić information content (AvgIpc) is 2.84. The number of hydrogen-bond donors (Lipinski definition) is 1. The van der Waals surface area contributed by atoms with Crippen molar-refractivity contribution in [1.29, 1.82) is 0 Å². The number of aryl methyl sites for hydroxylation is 1. The molecular formula is C15H17Br2N3O. The van der Waals surface area contributed by atoms with Gasteiger partial charge in [-0.2, -0.15) is 0 Å². The Bertz CT molecular complexity index is 622. The number of fused-ring (bicyclic) bond motifs is 1. The lowest BCUT2D eigenvalue weighted by Crippen LogP contribution is -2.26. The van der Waals surface area contributed by atoms with Crippen LogP contribution in [0.15, 0.2) is 25.8 Å². The molecule has 21 heavy (non-hydrogen) atoms. The van der Waals surface area contributed by atoms with Gasteiger partial charge in [-0.1, -0.05) is 6.92 Å². The summed E-state index contributed by atoms with van der Waals surface area (Å²) in [7, 11) is 0. The van der Waals surface area contributed by atoms with E-state index in [-0.39, 0.29) is 0 Å². The molecule has 2 aromatic heterocycles. The molecule has 1 unspecified atom stereocenters. The number of halogens is 2. The van der Waals surface area contributed by atoms with Crippen LogP contribution in [0.1, 0.15) is 43.5 Å². The third kappa shape index (κ3) is 3.22. The first-order valence-corrected chi connectivity index (χ1v) is 8.82. The number of aromatic nitrogens is 2. The molecule has 0 fully saturated rings. The molecule has 0 amide bonds. The van der Waals surface area contributed by atoms with E-state index in [2.05, 4.69) is 49.1 Å². The minimum atomic E-state index is 0.387. The zero-order valence-corrected chi connectivity index (χ0v) is 15.0. The Morgan fingerprint density at radius 2 is 2.29 bits per heavy atom. The minimum absolute atomic E-state index is 0.387. The fraction of sp³-hybridized carbons (Fsp3) is 0.467. The van der Waals surface area contributed by atoms with Gasteiger partial charge in [0.05, 0.1) is 4.47 Å². The van der Waals surface area contributed by atoms with Crippen molar-refractivity contribution in [3.05, 3.63) is 32.7 Å². The van der Waals surface area contributed by atoms with Crippen LogP contribution in [-0.4, -0.2) is 16.5 Å². The first-order chi connectivity index (χ1) is 10.2. The number of hydrogen-bond acceptors (Lipinski definition) is 4. The number of nitrogens with zero attached hydrogens (tertiary/aromatic N) is 2. The second-order valence-electron chi connectivity index (χ2n) is 5.23. The van der Waals surface area contributed by atoms with Crippen LogP contribution in [0, 0.1) is 0 Å². The van der Waals surface area contributed by atoms with Crippen LogP contribution >= 0.6 is 31.9 Å². The SMILES string of the molecule is CCCNC1CCCc2nc(-c3cc(Br)c(Br)o3)ncc21. The molecule has 2 heterocycles. The summed E-state index contributed by atoms with van der Waals surface area (Å²) in [6.45, 7) is 3.22. The highest BCUT2D eigenvalue weighted by Gasteiger charge is 2.22. The predicted octanol–water partition coefficient (Wildman–Crippen LogP) is 4.64. The van der Waals surface area contributed by atoms with Crippen LogP contribution in [0.25, 0.3) is 11.6 Å². The normalized spacial score (nSPS) is 17.8. The van der Waals surface area contributed by atoms with Crippen LogP contribution in [0.2, 0.25) is 0 Å². The Kier molecular flexibility index (Phi) is 4.76. The topological polar surface area (TPSA) is 51.0 Å². The van der Waals surface area contributed by atoms with Gasteiger partial charge in [-0.3, -0.25) is 0 Å². The molecule has 0 aliphatic heterocycles. The van der Waals surface area contributed by atoms with E-state index in [0.29, 0.717) is 22.3 Å². The van der Waals surface area contributed by atoms with Gasteiger partial charge in [-0.25, -0.2) is 9.97 Å². The molecule has 0 saturated carbocycles. The molecule has 112 valence electrons. The van der Waals surface area contributed by atoms with Crippen LogP contribution in [0.5, 0.6) is 0 Å². The van der Waals surface area contributed by atoms with Crippen LogP contribution in [0.4, 0.5) is 0 Å². The summed E-state index contributed by atoms with van der Waals surface area (Å²) >= 11 is 6.77. The van der Waals surface area contributed by atoms with Gasteiger partial charge >= 0.3 is 0 Å². The Balaban J connectivity index is 1.90. The number of rotatable bonds is 4. The summed E-state index contributed by atoms with van der Waals surface area (Å²) in [5.74, 6) is 1.33. The maximum atomic E-state index is 5.61. The Morgan fingerprint density at radius 1 is 1.43 bits per heavy atom. The van der Waals surface area contributed by atoms with Crippen molar-refractivity contribution >= 4 is 31.9 Å². The van der Waals surface area contributed by atoms with Gasteiger partial charge in [0.1, 0.15) is 0 Å². The highest BCUT2D eigenvalue weighted by Crippen LogP contribution is 2.33. The second-order valence-corrected chi connectivity index (χ2v) is 6.80. The molecule has 0 radical (unpaired) electrons. The first kappa shape index (κ1) is 15.2. The first-order valence-electron chi connectivity index (χ1n) is 7.23. The summed E-state index contributed by atoms with van der Waals surface area (Å²) in [6, 6.07) is 2.28. The van der Waals surface area contributed by atoms with Gasteiger partial charge in [0, 0.05) is 29.6 Å². The van der Waals surface area contributed by atoms with Crippen LogP contribution in [-0.2, 0) is 6.42 Å². The van der Waals surface area contributed by atoms with Gasteiger partial charge in [-0.15, -0.1) is 0 Å². The lowest BCUT2D eigenvalue weighted by Gasteiger charge is -2.25. The molecule has 0 aromatic carbocycles. The Morgan fingerprint density at radius 3 is 3.00 bits per heavy atom. The van der Waals surface area contributed by atoms with E-state index in [1.165, 1.54) is 5.56 Å². The molecule has 1 aliphatic rings. The lowest BCUT2D eigenvalue weighted by atomic mass is 9.92. The van der Waals surface area contributed by atoms with E-state index in [9.17, 15) is 0 Å². The molecule has 6 heteroatoms. The molecule has 0 bridgehead atoms. The van der Waals surface area contributed by atoms with Crippen LogP contribution in [0.3, 0.4) is 0 Å². The number of furan rings is 1. The highest BCUT2D eigenvalue weighted by molar-refractivity contribution is 9.13. The fourth-order valence-corrected chi connectivity index (χ4v) is 3.23. The van der Waals surface area contributed by atoms with Crippen LogP contribution < -0.4 is 5.32 Å². The van der Waals surface area contributed by atoms with Gasteiger partial charge in [0.25, 0.3) is 0 Å². The summed E-state index contributed by atoms with van der Waals surface area (Å²) in [5.41, 5.74) is 2.38. The predicted molar refractivity (Wildman–Crippen MR) is 89.1 cm³/mol. The molecule has 2 aromatic rings. The quantitative estimate of drug-likeness (QED) is 0.791. The Labute approximate surface area is 141 Å². The lowest BCUT2D eigenvalue weighted by molar-refractivity contribution is 0.453. The molecule has 1 atom stereocenters. The largest absolute Gasteiger partial charge is 0.445 e. The van der Waals surface area contributed by atoms with Crippen molar-refractivity contribution < 1.29 is 4.42 Å². The molecular weight excluding hydrogens is 398 g/mol. The minimum Gasteiger partial charge on any atom is -0.445 e. The van der Waals surface area contributed by atoms with E-state index in [0.717, 1.165) is 42.4 Å². The Hall–Kier alpha value is -0.720. The fourth-order valence-electron chi connectivity index (χ4n) is 2.65. The van der Waals surface area contributed by atoms with Crippen molar-refractivity contribution in [2.75, 3.05) is 6.54 Å². The molecule has 1 N–H and O–H groups in total. The monoisotopic (exact) mass is 413 g/mol. The van der Waals surface area contributed by atoms with Gasteiger partial charge in [-0.05, 0) is 64.1 Å². The summed E-state index contributed by atoms with van der Waals surface area (Å²) in [4.78, 5) is 9.20. The summed E-state index contributed by atoms with van der Waals surface area (Å²) in [6.07, 6.45) is 6.43. The molecule has 4 nitrogen and oxygen atoms in total. The maximum Gasteiger partial charge on any atom is 0.195 e. The van der Waals surface area contributed by atoms with E-state index >= 15 is 0 Å². The summed E-state index contributed by atoms with van der Waals surface area (Å²) < 4.78 is 7.16. The van der Waals surface area contributed by atoms with E-state index in [1.54, 1.807) is 0 Å². The standard InChI is InChI=1S/C15H17Br2N3O/c1-2-6-18-11-4-3-5-12-9(11)8-19-15(20-12)13-7-10(16)14(17)21-13/h7-8,11,18H,2-6H2,1H3. The van der Waals surface area contributed by atoms with Gasteiger partial charge in [0.2, 0.25) is 0 Å². The van der Waals surface area contributed by atoms with Gasteiger partial charge < -0.3 is 9.73 Å². The molecule has 0 saturated heterocycles. The maximum absolute atomic E-state index is 5.61. The van der Waals surface area contributed by atoms with E-state index < -0.39 is 0 Å². The third-order valence-electron chi connectivity index (χ3n) is 3.69. The second kappa shape index (κ2) is 6.58. The van der Waals surface area contributed by atoms with Crippen molar-refractivity contribution in [2.45, 2.75) is 38.6 Å². The molecule has 3 rings (SSSR count). The number of nitrogens with one attached hydrogen (secondary N) is 1. The summed E-state index contributed by atoms with van der Waals surface area (Å²) in [5, 5.41) is 3.58. The molecule has 1 aliphatic carbocycles.